The highest BCUT2D eigenvalue weighted by atomic mass is 31.1. The summed E-state index contributed by atoms with van der Waals surface area (Å²) in [5, 5.41) is 5.94. The highest BCUT2D eigenvalue weighted by molar-refractivity contribution is 7.74. The van der Waals surface area contributed by atoms with Crippen LogP contribution < -0.4 is 21.2 Å². The van der Waals surface area contributed by atoms with E-state index >= 15 is 0 Å². The summed E-state index contributed by atoms with van der Waals surface area (Å²) in [5.74, 6) is 1.13. The second kappa shape index (κ2) is 11.2. The average molecular weight is 523 g/mol. The molecule has 2 fully saturated rings. The number of hydrogen-bond acceptors (Lipinski definition) is 1. The van der Waals surface area contributed by atoms with Crippen LogP contribution in [0.2, 0.25) is 0 Å². The lowest BCUT2D eigenvalue weighted by Gasteiger charge is -2.42. The molecule has 0 amide bonds. The third kappa shape index (κ3) is 4.95. The lowest BCUT2D eigenvalue weighted by Crippen LogP contribution is -2.42. The first kappa shape index (κ1) is 25.0. The summed E-state index contributed by atoms with van der Waals surface area (Å²) in [7, 11) is -0.974. The summed E-state index contributed by atoms with van der Waals surface area (Å²) in [6, 6.07) is 45.1. The predicted molar refractivity (Wildman–Crippen MR) is 162 cm³/mol. The monoisotopic (exact) mass is 522 g/mol. The molecule has 3 heteroatoms. The van der Waals surface area contributed by atoms with Gasteiger partial charge in [-0.1, -0.05) is 135 Å². The number of hydrogen-bond donors (Lipinski definition) is 0. The van der Waals surface area contributed by atoms with E-state index in [-0.39, 0.29) is 0 Å². The normalized spacial score (nSPS) is 24.4. The number of benzene rings is 4. The molecule has 4 aromatic carbocycles. The topological polar surface area (TPSA) is 9.23 Å². The van der Waals surface area contributed by atoms with E-state index in [1.165, 1.54) is 34.1 Å². The molecule has 0 aromatic heterocycles. The van der Waals surface area contributed by atoms with Gasteiger partial charge >= 0.3 is 0 Å². The van der Waals surface area contributed by atoms with Crippen molar-refractivity contribution < 1.29 is 4.74 Å². The van der Waals surface area contributed by atoms with Crippen LogP contribution in [0.1, 0.15) is 26.7 Å². The van der Waals surface area contributed by atoms with Crippen molar-refractivity contribution in [1.82, 2.24) is 0 Å². The fraction of sp³-hybridized carbons (Fsp3) is 0.294. The van der Waals surface area contributed by atoms with Crippen LogP contribution in [0.5, 0.6) is 0 Å². The van der Waals surface area contributed by atoms with E-state index in [1.54, 1.807) is 0 Å². The van der Waals surface area contributed by atoms with E-state index in [9.17, 15) is 0 Å². The van der Waals surface area contributed by atoms with Gasteiger partial charge in [-0.2, -0.15) is 0 Å². The van der Waals surface area contributed by atoms with Gasteiger partial charge in [0.15, 0.2) is 0 Å². The van der Waals surface area contributed by atoms with Crippen LogP contribution in [0.3, 0.4) is 0 Å². The SMILES string of the molecule is C[C@H]([C@H]1C2CCC(O2)[C@@H]1[C@@H](C)P(c1ccccc1)c1ccccc1)P(c1ccccc1)c1ccccc1. The molecule has 0 aliphatic carbocycles. The summed E-state index contributed by atoms with van der Waals surface area (Å²) in [5.41, 5.74) is 1.09. The van der Waals surface area contributed by atoms with Crippen molar-refractivity contribution in [3.63, 3.8) is 0 Å². The number of ether oxygens (including phenoxy) is 1. The highest BCUT2D eigenvalue weighted by Gasteiger charge is 2.55. The molecule has 37 heavy (non-hydrogen) atoms. The maximum Gasteiger partial charge on any atom is 0.0618 e. The quantitative estimate of drug-likeness (QED) is 0.231. The molecule has 4 aromatic rings. The highest BCUT2D eigenvalue weighted by Crippen LogP contribution is 2.58. The molecule has 2 aliphatic rings. The van der Waals surface area contributed by atoms with Crippen LogP contribution in [0.15, 0.2) is 121 Å². The van der Waals surface area contributed by atoms with E-state index in [2.05, 4.69) is 135 Å². The zero-order valence-corrected chi connectivity index (χ0v) is 23.5. The molecule has 2 heterocycles. The summed E-state index contributed by atoms with van der Waals surface area (Å²) in [4.78, 5) is 0. The average Bonchev–Trinajstić information content (AvgIpc) is 3.58. The lowest BCUT2D eigenvalue weighted by atomic mass is 9.76. The van der Waals surface area contributed by atoms with Gasteiger partial charge in [0.1, 0.15) is 0 Å². The van der Waals surface area contributed by atoms with Crippen molar-refractivity contribution in [2.45, 2.75) is 50.2 Å². The van der Waals surface area contributed by atoms with E-state index < -0.39 is 15.8 Å². The Kier molecular flexibility index (Phi) is 7.57. The van der Waals surface area contributed by atoms with Crippen LogP contribution in [-0.2, 0) is 4.74 Å². The molecule has 2 bridgehead atoms. The van der Waals surface area contributed by atoms with Crippen molar-refractivity contribution in [2.75, 3.05) is 0 Å². The van der Waals surface area contributed by atoms with Crippen molar-refractivity contribution >= 4 is 37.1 Å². The van der Waals surface area contributed by atoms with Crippen LogP contribution in [-0.4, -0.2) is 23.5 Å². The van der Waals surface area contributed by atoms with Crippen LogP contribution in [0.25, 0.3) is 0 Å². The summed E-state index contributed by atoms with van der Waals surface area (Å²) in [6.07, 6.45) is 3.19. The zero-order valence-electron chi connectivity index (χ0n) is 21.7. The van der Waals surface area contributed by atoms with E-state index in [0.29, 0.717) is 35.4 Å². The van der Waals surface area contributed by atoms with E-state index in [0.717, 1.165) is 0 Å². The number of fused-ring (bicyclic) bond motifs is 2. The van der Waals surface area contributed by atoms with Gasteiger partial charge in [-0.05, 0) is 73.1 Å². The minimum Gasteiger partial charge on any atom is -0.374 e. The smallest absolute Gasteiger partial charge is 0.0618 e. The Bertz CT molecular complexity index is 1080. The van der Waals surface area contributed by atoms with Gasteiger partial charge in [0.05, 0.1) is 12.2 Å². The standard InChI is InChI=1S/C34H36OP2/c1-25(36(27-15-7-3-8-16-27)28-17-9-4-10-18-28)33-31-23-24-32(35-31)34(33)26(2)37(29-19-11-5-12-20-29)30-21-13-6-14-22-30/h3-22,25-26,31-34H,23-24H2,1-2H3/t25-,26-,31?,32?,33+,34+/m1/s1. The fourth-order valence-corrected chi connectivity index (χ4v) is 12.9. The Labute approximate surface area is 224 Å². The van der Waals surface area contributed by atoms with Crippen LogP contribution >= 0.6 is 15.8 Å². The fourth-order valence-electron chi connectivity index (χ4n) is 6.95. The second-order valence-electron chi connectivity index (χ2n) is 10.5. The van der Waals surface area contributed by atoms with Gasteiger partial charge in [0.2, 0.25) is 0 Å². The van der Waals surface area contributed by atoms with Crippen molar-refractivity contribution in [3.05, 3.63) is 121 Å². The van der Waals surface area contributed by atoms with E-state index in [1.807, 2.05) is 0 Å². The predicted octanol–water partition coefficient (Wildman–Crippen LogP) is 6.82. The Morgan fingerprint density at radius 2 is 0.757 bits per heavy atom. The van der Waals surface area contributed by atoms with Crippen molar-refractivity contribution in [2.24, 2.45) is 11.8 Å². The molecule has 2 saturated heterocycles. The third-order valence-corrected chi connectivity index (χ3v) is 14.2. The number of rotatable bonds is 8. The van der Waals surface area contributed by atoms with Gasteiger partial charge in [-0.3, -0.25) is 0 Å². The minimum atomic E-state index is -0.487. The lowest BCUT2D eigenvalue weighted by molar-refractivity contribution is 0.0872. The van der Waals surface area contributed by atoms with Gasteiger partial charge in [0.25, 0.3) is 0 Å². The second-order valence-corrected chi connectivity index (χ2v) is 15.7. The molecule has 0 spiro atoms. The molecule has 188 valence electrons. The first-order chi connectivity index (χ1) is 18.2. The van der Waals surface area contributed by atoms with Gasteiger partial charge in [-0.25, -0.2) is 0 Å². The third-order valence-electron chi connectivity index (χ3n) is 8.45. The minimum absolute atomic E-state index is 0.383. The Balaban J connectivity index is 1.40. The first-order valence-corrected chi connectivity index (χ1v) is 16.5. The molecule has 2 unspecified atom stereocenters. The Morgan fingerprint density at radius 3 is 1.03 bits per heavy atom. The van der Waals surface area contributed by atoms with Crippen LogP contribution in [0.4, 0.5) is 0 Å². The largest absolute Gasteiger partial charge is 0.374 e. The van der Waals surface area contributed by atoms with Gasteiger partial charge in [-0.15, -0.1) is 0 Å². The summed E-state index contributed by atoms with van der Waals surface area (Å²) >= 11 is 0. The molecule has 2 aliphatic heterocycles. The van der Waals surface area contributed by atoms with Crippen molar-refractivity contribution in [3.8, 4) is 0 Å². The zero-order chi connectivity index (χ0) is 25.2. The van der Waals surface area contributed by atoms with Gasteiger partial charge in [0, 0.05) is 0 Å². The molecule has 0 radical (unpaired) electrons. The van der Waals surface area contributed by atoms with E-state index in [4.69, 9.17) is 4.74 Å². The summed E-state index contributed by atoms with van der Waals surface area (Å²) in [6.45, 7) is 5.07. The summed E-state index contributed by atoms with van der Waals surface area (Å²) < 4.78 is 6.80. The van der Waals surface area contributed by atoms with Crippen LogP contribution in [0, 0.1) is 11.8 Å². The Hall–Kier alpha value is -2.30. The molecule has 6 atom stereocenters. The maximum absolute atomic E-state index is 6.80. The molecule has 0 N–H and O–H groups in total. The molecule has 6 rings (SSSR count). The molecular weight excluding hydrogens is 486 g/mol. The Morgan fingerprint density at radius 1 is 0.486 bits per heavy atom. The molecular formula is C34H36OP2. The first-order valence-electron chi connectivity index (χ1n) is 13.7. The maximum atomic E-state index is 6.80. The molecule has 1 nitrogen and oxygen atoms in total. The molecule has 0 saturated carbocycles. The van der Waals surface area contributed by atoms with Gasteiger partial charge < -0.3 is 4.74 Å². The van der Waals surface area contributed by atoms with Crippen molar-refractivity contribution in [1.29, 1.82) is 0 Å².